The number of carbonyl (C=O) groups excluding carboxylic acids is 2. The molecule has 0 bridgehead atoms. The number of benzene rings is 1. The fourth-order valence-electron chi connectivity index (χ4n) is 1.16. The van der Waals surface area contributed by atoms with Crippen molar-refractivity contribution in [1.29, 1.82) is 5.26 Å². The first-order chi connectivity index (χ1) is 6.60. The molecule has 14 heavy (non-hydrogen) atoms. The van der Waals surface area contributed by atoms with Crippen LogP contribution in [0.1, 0.15) is 33.2 Å². The van der Waals surface area contributed by atoms with Gasteiger partial charge in [-0.25, -0.2) is 0 Å². The van der Waals surface area contributed by atoms with Crippen molar-refractivity contribution in [3.8, 4) is 6.07 Å². The number of hydrogen-bond acceptors (Lipinski definition) is 3. The molecule has 1 aromatic carbocycles. The topological polar surface area (TPSA) is 57.9 Å². The SMILES string of the molecule is CC(=O)c1c(Br)cc(C#N)cc1C=O. The fourth-order valence-corrected chi connectivity index (χ4v) is 1.91. The first-order valence-electron chi connectivity index (χ1n) is 3.80. The van der Waals surface area contributed by atoms with Crippen LogP contribution in [0.5, 0.6) is 0 Å². The minimum Gasteiger partial charge on any atom is -0.298 e. The van der Waals surface area contributed by atoms with E-state index in [9.17, 15) is 9.59 Å². The maximum Gasteiger partial charge on any atom is 0.161 e. The zero-order valence-corrected chi connectivity index (χ0v) is 8.96. The van der Waals surface area contributed by atoms with E-state index in [0.717, 1.165) is 0 Å². The maximum absolute atomic E-state index is 11.2. The molecular formula is C10H6BrNO2. The highest BCUT2D eigenvalue weighted by Crippen LogP contribution is 2.22. The third kappa shape index (κ3) is 1.88. The molecule has 0 atom stereocenters. The van der Waals surface area contributed by atoms with Crippen molar-refractivity contribution in [1.82, 2.24) is 0 Å². The molecule has 0 heterocycles. The third-order valence-corrected chi connectivity index (χ3v) is 2.35. The number of nitriles is 1. The molecule has 0 aliphatic heterocycles. The summed E-state index contributed by atoms with van der Waals surface area (Å²) in [6.45, 7) is 1.37. The van der Waals surface area contributed by atoms with Crippen LogP contribution < -0.4 is 0 Å². The summed E-state index contributed by atoms with van der Waals surface area (Å²) in [4.78, 5) is 21.8. The molecule has 0 spiro atoms. The largest absolute Gasteiger partial charge is 0.298 e. The van der Waals surface area contributed by atoms with E-state index >= 15 is 0 Å². The highest BCUT2D eigenvalue weighted by Gasteiger charge is 2.12. The summed E-state index contributed by atoms with van der Waals surface area (Å²) in [6.07, 6.45) is 0.572. The molecule has 0 unspecified atom stereocenters. The minimum absolute atomic E-state index is 0.205. The Hall–Kier alpha value is -1.47. The van der Waals surface area contributed by atoms with Gasteiger partial charge in [-0.05, 0) is 35.0 Å². The fraction of sp³-hybridized carbons (Fsp3) is 0.100. The average Bonchev–Trinajstić information content (AvgIpc) is 2.15. The van der Waals surface area contributed by atoms with Gasteiger partial charge in [-0.1, -0.05) is 0 Å². The van der Waals surface area contributed by atoms with E-state index in [2.05, 4.69) is 15.9 Å². The van der Waals surface area contributed by atoms with Crippen LogP contribution in [0.25, 0.3) is 0 Å². The third-order valence-electron chi connectivity index (χ3n) is 1.73. The second-order valence-electron chi connectivity index (χ2n) is 2.71. The molecule has 0 saturated carbocycles. The van der Waals surface area contributed by atoms with Crippen molar-refractivity contribution in [2.45, 2.75) is 6.92 Å². The van der Waals surface area contributed by atoms with Gasteiger partial charge in [0.25, 0.3) is 0 Å². The molecule has 0 saturated heterocycles. The van der Waals surface area contributed by atoms with E-state index in [-0.39, 0.29) is 11.3 Å². The lowest BCUT2D eigenvalue weighted by Gasteiger charge is -2.03. The predicted molar refractivity (Wildman–Crippen MR) is 54.2 cm³/mol. The second-order valence-corrected chi connectivity index (χ2v) is 3.56. The van der Waals surface area contributed by atoms with Crippen molar-refractivity contribution in [3.05, 3.63) is 33.3 Å². The number of halogens is 1. The van der Waals surface area contributed by atoms with Gasteiger partial charge in [-0.2, -0.15) is 5.26 Å². The lowest BCUT2D eigenvalue weighted by molar-refractivity contribution is 0.100. The molecule has 70 valence electrons. The van der Waals surface area contributed by atoms with Gasteiger partial charge in [-0.15, -0.1) is 0 Å². The summed E-state index contributed by atoms with van der Waals surface area (Å²) in [5.74, 6) is -0.205. The highest BCUT2D eigenvalue weighted by molar-refractivity contribution is 9.10. The molecule has 0 radical (unpaired) electrons. The number of ketones is 1. The first kappa shape index (κ1) is 10.6. The van der Waals surface area contributed by atoms with Crippen LogP contribution in [0.3, 0.4) is 0 Å². The zero-order chi connectivity index (χ0) is 10.7. The van der Waals surface area contributed by atoms with Gasteiger partial charge < -0.3 is 0 Å². The van der Waals surface area contributed by atoms with Gasteiger partial charge in [-0.3, -0.25) is 9.59 Å². The van der Waals surface area contributed by atoms with Gasteiger partial charge in [0.05, 0.1) is 11.6 Å². The Morgan fingerprint density at radius 1 is 1.57 bits per heavy atom. The molecule has 1 rings (SSSR count). The van der Waals surface area contributed by atoms with Crippen LogP contribution in [0.15, 0.2) is 16.6 Å². The summed E-state index contributed by atoms with van der Waals surface area (Å²) in [5, 5.41) is 8.64. The number of aldehydes is 1. The highest BCUT2D eigenvalue weighted by atomic mass is 79.9. The van der Waals surface area contributed by atoms with Crippen molar-refractivity contribution in [3.63, 3.8) is 0 Å². The van der Waals surface area contributed by atoms with Crippen molar-refractivity contribution in [2.75, 3.05) is 0 Å². The van der Waals surface area contributed by atoms with Crippen LogP contribution in [0.4, 0.5) is 0 Å². The molecule has 0 aromatic heterocycles. The van der Waals surface area contributed by atoms with Gasteiger partial charge in [0.1, 0.15) is 0 Å². The number of nitrogens with zero attached hydrogens (tertiary/aromatic N) is 1. The number of carbonyl (C=O) groups is 2. The van der Waals surface area contributed by atoms with E-state index in [1.54, 1.807) is 0 Å². The molecule has 0 N–H and O–H groups in total. The molecule has 0 aliphatic rings. The lowest BCUT2D eigenvalue weighted by Crippen LogP contribution is -2.01. The average molecular weight is 252 g/mol. The molecule has 4 heteroatoms. The Morgan fingerprint density at radius 3 is 2.64 bits per heavy atom. The van der Waals surface area contributed by atoms with Crippen molar-refractivity contribution < 1.29 is 9.59 Å². The van der Waals surface area contributed by atoms with E-state index < -0.39 is 0 Å². The maximum atomic E-state index is 11.2. The van der Waals surface area contributed by atoms with E-state index in [1.165, 1.54) is 19.1 Å². The molecule has 3 nitrogen and oxygen atoms in total. The lowest BCUT2D eigenvalue weighted by atomic mass is 10.0. The van der Waals surface area contributed by atoms with E-state index in [4.69, 9.17) is 5.26 Å². The molecular weight excluding hydrogens is 246 g/mol. The number of hydrogen-bond donors (Lipinski definition) is 0. The summed E-state index contributed by atoms with van der Waals surface area (Å²) >= 11 is 3.15. The monoisotopic (exact) mass is 251 g/mol. The van der Waals surface area contributed by atoms with Gasteiger partial charge in [0.2, 0.25) is 0 Å². The molecule has 1 aromatic rings. The quantitative estimate of drug-likeness (QED) is 0.599. The molecule has 0 aliphatic carbocycles. The first-order valence-corrected chi connectivity index (χ1v) is 4.59. The number of Topliss-reactive ketones (excluding diaryl/α,β-unsaturated/α-hetero) is 1. The van der Waals surface area contributed by atoms with Crippen molar-refractivity contribution >= 4 is 28.0 Å². The van der Waals surface area contributed by atoms with E-state index in [1.807, 2.05) is 6.07 Å². The second kappa shape index (κ2) is 4.16. The van der Waals surface area contributed by atoms with Crippen molar-refractivity contribution in [2.24, 2.45) is 0 Å². The standard InChI is InChI=1S/C10H6BrNO2/c1-6(14)10-8(5-13)2-7(4-12)3-9(10)11/h2-3,5H,1H3. The zero-order valence-electron chi connectivity index (χ0n) is 7.37. The van der Waals surface area contributed by atoms with Crippen LogP contribution >= 0.6 is 15.9 Å². The summed E-state index contributed by atoms with van der Waals surface area (Å²) in [7, 11) is 0. The van der Waals surface area contributed by atoms with Crippen LogP contribution in [-0.2, 0) is 0 Å². The van der Waals surface area contributed by atoms with Gasteiger partial charge in [0, 0.05) is 15.6 Å². The van der Waals surface area contributed by atoms with Gasteiger partial charge in [0.15, 0.2) is 12.1 Å². The van der Waals surface area contributed by atoms with Crippen LogP contribution in [0, 0.1) is 11.3 Å². The Bertz CT molecular complexity index is 446. The summed E-state index contributed by atoms with van der Waals surface area (Å²) in [6, 6.07) is 4.82. The Balaban J connectivity index is 3.52. The van der Waals surface area contributed by atoms with E-state index in [0.29, 0.717) is 21.9 Å². The molecule has 0 amide bonds. The summed E-state index contributed by atoms with van der Waals surface area (Å²) in [5.41, 5.74) is 0.909. The Labute approximate surface area is 89.5 Å². The van der Waals surface area contributed by atoms with Crippen LogP contribution in [0.2, 0.25) is 0 Å². The Kier molecular flexibility index (Phi) is 3.15. The summed E-state index contributed by atoms with van der Waals surface area (Å²) < 4.78 is 0.478. The normalized spacial score (nSPS) is 9.21. The predicted octanol–water partition coefficient (Wildman–Crippen LogP) is 2.34. The Morgan fingerprint density at radius 2 is 2.21 bits per heavy atom. The minimum atomic E-state index is -0.205. The number of rotatable bonds is 2. The molecule has 0 fully saturated rings. The smallest absolute Gasteiger partial charge is 0.161 e. The van der Waals surface area contributed by atoms with Gasteiger partial charge >= 0.3 is 0 Å². The van der Waals surface area contributed by atoms with Crippen LogP contribution in [-0.4, -0.2) is 12.1 Å².